The van der Waals surface area contributed by atoms with Crippen LogP contribution in [0.2, 0.25) is 0 Å². The summed E-state index contributed by atoms with van der Waals surface area (Å²) in [6.45, 7) is 1.97. The number of rotatable bonds is 1. The predicted octanol–water partition coefficient (Wildman–Crippen LogP) is 2.40. The van der Waals surface area contributed by atoms with Crippen molar-refractivity contribution < 1.29 is 9.21 Å². The Kier molecular flexibility index (Phi) is 2.51. The average Bonchev–Trinajstić information content (AvgIpc) is 2.69. The van der Waals surface area contributed by atoms with Crippen LogP contribution in [0.1, 0.15) is 29.5 Å². The van der Waals surface area contributed by atoms with Gasteiger partial charge in [-0.1, -0.05) is 18.8 Å². The summed E-state index contributed by atoms with van der Waals surface area (Å²) in [5.41, 5.74) is 1.36. The lowest BCUT2D eigenvalue weighted by molar-refractivity contribution is 0.110. The van der Waals surface area contributed by atoms with E-state index in [1.807, 2.05) is 6.92 Å². The van der Waals surface area contributed by atoms with Gasteiger partial charge in [0, 0.05) is 24.2 Å². The molecule has 2 aromatic heterocycles. The zero-order valence-electron chi connectivity index (χ0n) is 8.28. The Labute approximate surface area is 87.1 Å². The van der Waals surface area contributed by atoms with Crippen LogP contribution in [-0.2, 0) is 0 Å². The molecular formula is C12H9NO2. The molecule has 0 amide bonds. The zero-order valence-corrected chi connectivity index (χ0v) is 8.28. The number of aromatic nitrogens is 1. The molecule has 0 aliphatic heterocycles. The van der Waals surface area contributed by atoms with Gasteiger partial charge in [-0.3, -0.25) is 9.78 Å². The van der Waals surface area contributed by atoms with E-state index in [-0.39, 0.29) is 0 Å². The first-order chi connectivity index (χ1) is 7.35. The van der Waals surface area contributed by atoms with Crippen molar-refractivity contribution in [3.8, 4) is 11.8 Å². The third-order valence-electron chi connectivity index (χ3n) is 1.96. The highest BCUT2D eigenvalue weighted by Crippen LogP contribution is 2.20. The first kappa shape index (κ1) is 9.47. The zero-order chi connectivity index (χ0) is 10.7. The lowest BCUT2D eigenvalue weighted by atomic mass is 10.2. The third-order valence-corrected chi connectivity index (χ3v) is 1.96. The molecule has 2 rings (SSSR count). The Morgan fingerprint density at radius 2 is 2.40 bits per heavy atom. The predicted molar refractivity (Wildman–Crippen MR) is 56.6 cm³/mol. The molecular weight excluding hydrogens is 190 g/mol. The maximum absolute atomic E-state index is 10.6. The largest absolute Gasteiger partial charge is 0.452 e. The highest BCUT2D eigenvalue weighted by atomic mass is 16.3. The van der Waals surface area contributed by atoms with Gasteiger partial charge in [-0.2, -0.15) is 0 Å². The van der Waals surface area contributed by atoms with Crippen molar-refractivity contribution in [2.45, 2.75) is 13.3 Å². The van der Waals surface area contributed by atoms with E-state index in [9.17, 15) is 4.79 Å². The quantitative estimate of drug-likeness (QED) is 0.523. The van der Waals surface area contributed by atoms with Crippen LogP contribution in [0.3, 0.4) is 0 Å². The Bertz CT molecular complexity index is 558. The summed E-state index contributed by atoms with van der Waals surface area (Å²) < 4.78 is 5.33. The number of hydrogen-bond acceptors (Lipinski definition) is 3. The average molecular weight is 199 g/mol. The van der Waals surface area contributed by atoms with Crippen molar-refractivity contribution in [1.29, 1.82) is 0 Å². The van der Waals surface area contributed by atoms with Gasteiger partial charge < -0.3 is 4.42 Å². The van der Waals surface area contributed by atoms with Gasteiger partial charge in [0.1, 0.15) is 0 Å². The number of aldehydes is 1. The first-order valence-corrected chi connectivity index (χ1v) is 4.66. The first-order valence-electron chi connectivity index (χ1n) is 4.66. The van der Waals surface area contributed by atoms with Crippen molar-refractivity contribution in [2.24, 2.45) is 0 Å². The van der Waals surface area contributed by atoms with Gasteiger partial charge >= 0.3 is 0 Å². The third kappa shape index (κ3) is 1.75. The lowest BCUT2D eigenvalue weighted by Crippen LogP contribution is -1.78. The van der Waals surface area contributed by atoms with Crippen molar-refractivity contribution >= 4 is 17.3 Å². The smallest absolute Gasteiger partial charge is 0.185 e. The minimum Gasteiger partial charge on any atom is -0.452 e. The minimum atomic E-state index is 0.303. The van der Waals surface area contributed by atoms with Gasteiger partial charge in [0.2, 0.25) is 0 Å². The Balaban J connectivity index is 2.64. The van der Waals surface area contributed by atoms with E-state index in [4.69, 9.17) is 4.42 Å². The molecule has 0 aromatic carbocycles. The van der Waals surface area contributed by atoms with Crippen molar-refractivity contribution in [1.82, 2.24) is 4.98 Å². The van der Waals surface area contributed by atoms with Crippen LogP contribution < -0.4 is 0 Å². The maximum atomic E-state index is 10.6. The van der Waals surface area contributed by atoms with Crippen LogP contribution in [0.5, 0.6) is 0 Å². The van der Waals surface area contributed by atoms with Crippen molar-refractivity contribution in [3.63, 3.8) is 0 Å². The number of fused-ring (bicyclic) bond motifs is 1. The standard InChI is InChI=1S/C12H9NO2/c1-2-3-4-9-6-13-7-10-5-11(8-14)15-12(9)10/h5-8H,2H2,1H3. The highest BCUT2D eigenvalue weighted by molar-refractivity contribution is 5.87. The van der Waals surface area contributed by atoms with Crippen molar-refractivity contribution in [3.05, 3.63) is 29.8 Å². The van der Waals surface area contributed by atoms with Gasteiger partial charge in [-0.05, 0) is 6.07 Å². The van der Waals surface area contributed by atoms with Crippen LogP contribution in [-0.4, -0.2) is 11.3 Å². The number of carbonyl (C=O) groups is 1. The summed E-state index contributed by atoms with van der Waals surface area (Å²) in [5, 5.41) is 0.806. The molecule has 0 spiro atoms. The normalized spacial score (nSPS) is 9.67. The Hall–Kier alpha value is -2.08. The van der Waals surface area contributed by atoms with Gasteiger partial charge in [0.25, 0.3) is 0 Å². The summed E-state index contributed by atoms with van der Waals surface area (Å²) in [5.74, 6) is 6.20. The molecule has 2 aromatic rings. The van der Waals surface area contributed by atoms with E-state index >= 15 is 0 Å². The number of pyridine rings is 1. The molecule has 2 heterocycles. The van der Waals surface area contributed by atoms with Gasteiger partial charge in [0.05, 0.1) is 5.56 Å². The molecule has 3 heteroatoms. The van der Waals surface area contributed by atoms with Gasteiger partial charge in [0.15, 0.2) is 17.6 Å². The molecule has 0 saturated carbocycles. The van der Waals surface area contributed by atoms with E-state index in [1.165, 1.54) is 0 Å². The summed E-state index contributed by atoms with van der Waals surface area (Å²) >= 11 is 0. The van der Waals surface area contributed by atoms with Gasteiger partial charge in [-0.15, -0.1) is 0 Å². The molecule has 0 aliphatic rings. The fraction of sp³-hybridized carbons (Fsp3) is 0.167. The number of carbonyl (C=O) groups excluding carboxylic acids is 1. The summed E-state index contributed by atoms with van der Waals surface area (Å²) in [6, 6.07) is 1.66. The second-order valence-electron chi connectivity index (χ2n) is 3.03. The van der Waals surface area contributed by atoms with E-state index in [2.05, 4.69) is 16.8 Å². The molecule has 0 aliphatic carbocycles. The molecule has 0 radical (unpaired) electrons. The second-order valence-corrected chi connectivity index (χ2v) is 3.03. The van der Waals surface area contributed by atoms with Crippen LogP contribution in [0.15, 0.2) is 22.9 Å². The number of nitrogens with zero attached hydrogens (tertiary/aromatic N) is 1. The SMILES string of the molecule is CCC#Cc1cncc2cc(C=O)oc12. The lowest BCUT2D eigenvalue weighted by Gasteiger charge is -1.90. The Morgan fingerprint density at radius 1 is 1.53 bits per heavy atom. The number of hydrogen-bond donors (Lipinski definition) is 0. The summed E-state index contributed by atoms with van der Waals surface area (Å²) in [4.78, 5) is 14.6. The molecule has 0 fully saturated rings. The molecule has 0 unspecified atom stereocenters. The van der Waals surface area contributed by atoms with Crippen LogP contribution in [0.25, 0.3) is 11.0 Å². The molecule has 15 heavy (non-hydrogen) atoms. The fourth-order valence-corrected chi connectivity index (χ4v) is 1.31. The highest BCUT2D eigenvalue weighted by Gasteiger charge is 2.06. The topological polar surface area (TPSA) is 43.1 Å². The summed E-state index contributed by atoms with van der Waals surface area (Å²) in [7, 11) is 0. The second kappa shape index (κ2) is 3.97. The van der Waals surface area contributed by atoms with Crippen LogP contribution in [0.4, 0.5) is 0 Å². The molecule has 0 N–H and O–H groups in total. The Morgan fingerprint density at radius 3 is 3.13 bits per heavy atom. The molecule has 74 valence electrons. The van der Waals surface area contributed by atoms with Gasteiger partial charge in [-0.25, -0.2) is 0 Å². The van der Waals surface area contributed by atoms with E-state index in [0.29, 0.717) is 17.6 Å². The van der Waals surface area contributed by atoms with Crippen molar-refractivity contribution in [2.75, 3.05) is 0 Å². The minimum absolute atomic E-state index is 0.303. The molecule has 0 bridgehead atoms. The molecule has 0 atom stereocenters. The van der Waals surface area contributed by atoms with Crippen LogP contribution >= 0.6 is 0 Å². The fourth-order valence-electron chi connectivity index (χ4n) is 1.31. The monoisotopic (exact) mass is 199 g/mol. The maximum Gasteiger partial charge on any atom is 0.185 e. The number of furan rings is 1. The van der Waals surface area contributed by atoms with E-state index in [1.54, 1.807) is 18.5 Å². The molecule has 3 nitrogen and oxygen atoms in total. The van der Waals surface area contributed by atoms with E-state index < -0.39 is 0 Å². The van der Waals surface area contributed by atoms with Crippen LogP contribution in [0, 0.1) is 11.8 Å². The summed E-state index contributed by atoms with van der Waals surface area (Å²) in [6.07, 6.45) is 4.75. The van der Waals surface area contributed by atoms with E-state index in [0.717, 1.165) is 17.4 Å². The molecule has 0 saturated heterocycles.